The summed E-state index contributed by atoms with van der Waals surface area (Å²) in [5.41, 5.74) is 6.84. The highest BCUT2D eigenvalue weighted by molar-refractivity contribution is 6.28. The maximum atomic E-state index is 5.97. The molecule has 3 heterocycles. The Labute approximate surface area is 88.6 Å². The molecule has 1 saturated carbocycles. The van der Waals surface area contributed by atoms with E-state index in [2.05, 4.69) is 9.89 Å². The van der Waals surface area contributed by atoms with E-state index in [-0.39, 0.29) is 5.38 Å². The van der Waals surface area contributed by atoms with Crippen molar-refractivity contribution in [1.82, 2.24) is 4.90 Å². The summed E-state index contributed by atoms with van der Waals surface area (Å²) in [5, 5.41) is -0.0160. The summed E-state index contributed by atoms with van der Waals surface area (Å²) in [4.78, 5) is 6.76. The van der Waals surface area contributed by atoms with Gasteiger partial charge >= 0.3 is 0 Å². The molecule has 0 aromatic carbocycles. The maximum Gasteiger partial charge on any atom is 0.147 e. The smallest absolute Gasteiger partial charge is 0.147 e. The van der Waals surface area contributed by atoms with Gasteiger partial charge in [-0.05, 0) is 19.3 Å². The van der Waals surface area contributed by atoms with E-state index in [4.69, 9.17) is 17.3 Å². The third-order valence-corrected chi connectivity index (χ3v) is 3.74. The second-order valence-corrected chi connectivity index (χ2v) is 4.94. The number of allylic oxidation sites excluding steroid dienone is 1. The monoisotopic (exact) mass is 211 g/mol. The van der Waals surface area contributed by atoms with E-state index in [1.54, 1.807) is 0 Å². The molecule has 0 radical (unpaired) electrons. The third-order valence-electron chi connectivity index (χ3n) is 3.47. The summed E-state index contributed by atoms with van der Waals surface area (Å²) < 4.78 is 0. The first kappa shape index (κ1) is 8.60. The fourth-order valence-corrected chi connectivity index (χ4v) is 2.99. The maximum absolute atomic E-state index is 5.97. The number of hydrogen-bond donors (Lipinski definition) is 1. The van der Waals surface area contributed by atoms with Crippen LogP contribution in [0.1, 0.15) is 25.7 Å². The van der Waals surface area contributed by atoms with Crippen molar-refractivity contribution >= 4 is 17.8 Å². The van der Waals surface area contributed by atoms with E-state index in [0.717, 1.165) is 17.9 Å². The van der Waals surface area contributed by atoms with Crippen LogP contribution < -0.4 is 5.73 Å². The summed E-state index contributed by atoms with van der Waals surface area (Å²) in [7, 11) is 0. The standard InChI is InChI=1S/C10H14ClN3/c11-6-3-9(12)10(13-5-6)14-7-1-2-8(14)4-7/h5-8H,1-4,12H2. The Morgan fingerprint density at radius 1 is 1.43 bits per heavy atom. The average molecular weight is 212 g/mol. The van der Waals surface area contributed by atoms with Gasteiger partial charge in [0.05, 0.1) is 11.1 Å². The van der Waals surface area contributed by atoms with Crippen molar-refractivity contribution in [2.75, 3.05) is 0 Å². The molecule has 4 heteroatoms. The molecule has 0 aromatic heterocycles. The second kappa shape index (κ2) is 2.89. The fraction of sp³-hybridized carbons (Fsp3) is 0.700. The van der Waals surface area contributed by atoms with Crippen LogP contribution in [0.3, 0.4) is 0 Å². The van der Waals surface area contributed by atoms with Gasteiger partial charge in [-0.25, -0.2) is 4.99 Å². The molecule has 3 atom stereocenters. The quantitative estimate of drug-likeness (QED) is 0.667. The minimum atomic E-state index is -0.0160. The predicted molar refractivity (Wildman–Crippen MR) is 57.2 cm³/mol. The lowest BCUT2D eigenvalue weighted by atomic mass is 10.0. The van der Waals surface area contributed by atoms with Gasteiger partial charge in [0.2, 0.25) is 0 Å². The highest BCUT2D eigenvalue weighted by Gasteiger charge is 2.46. The minimum absolute atomic E-state index is 0.0160. The Morgan fingerprint density at radius 3 is 2.71 bits per heavy atom. The largest absolute Gasteiger partial charge is 0.399 e. The van der Waals surface area contributed by atoms with Gasteiger partial charge in [0, 0.05) is 24.7 Å². The molecule has 0 aromatic rings. The zero-order valence-electron chi connectivity index (χ0n) is 7.99. The lowest BCUT2D eigenvalue weighted by molar-refractivity contribution is 0.120. The minimum Gasteiger partial charge on any atom is -0.399 e. The van der Waals surface area contributed by atoms with Crippen molar-refractivity contribution in [2.24, 2.45) is 10.7 Å². The van der Waals surface area contributed by atoms with Crippen molar-refractivity contribution in [3.63, 3.8) is 0 Å². The van der Waals surface area contributed by atoms with Gasteiger partial charge in [-0.3, -0.25) is 0 Å². The van der Waals surface area contributed by atoms with Gasteiger partial charge in [0.15, 0.2) is 0 Å². The van der Waals surface area contributed by atoms with Gasteiger partial charge in [-0.2, -0.15) is 0 Å². The number of aliphatic imine (C=N–C) groups is 1. The Morgan fingerprint density at radius 2 is 2.14 bits per heavy atom. The van der Waals surface area contributed by atoms with E-state index in [0.29, 0.717) is 12.1 Å². The van der Waals surface area contributed by atoms with Gasteiger partial charge < -0.3 is 10.6 Å². The van der Waals surface area contributed by atoms with Crippen LogP contribution in [0.5, 0.6) is 0 Å². The molecule has 3 fully saturated rings. The summed E-state index contributed by atoms with van der Waals surface area (Å²) in [5.74, 6) is 1.00. The molecule has 4 aliphatic rings. The third kappa shape index (κ3) is 1.08. The van der Waals surface area contributed by atoms with Crippen LogP contribution in [0, 0.1) is 0 Å². The topological polar surface area (TPSA) is 41.6 Å². The Bertz CT molecular complexity index is 309. The van der Waals surface area contributed by atoms with E-state index in [9.17, 15) is 0 Å². The number of nitrogens with zero attached hydrogens (tertiary/aromatic N) is 2. The number of hydrogen-bond acceptors (Lipinski definition) is 3. The Hall–Kier alpha value is -0.700. The molecule has 4 rings (SSSR count). The summed E-state index contributed by atoms with van der Waals surface area (Å²) in [6.07, 6.45) is 6.50. The first-order valence-corrected chi connectivity index (χ1v) is 5.64. The number of alkyl halides is 1. The summed E-state index contributed by atoms with van der Waals surface area (Å²) in [6, 6.07) is 1.41. The van der Waals surface area contributed by atoms with Crippen molar-refractivity contribution in [1.29, 1.82) is 0 Å². The highest BCUT2D eigenvalue weighted by Crippen LogP contribution is 2.44. The molecule has 3 nitrogen and oxygen atoms in total. The molecule has 14 heavy (non-hydrogen) atoms. The van der Waals surface area contributed by atoms with Crippen LogP contribution in [0.25, 0.3) is 0 Å². The van der Waals surface area contributed by atoms with E-state index < -0.39 is 0 Å². The van der Waals surface area contributed by atoms with Crippen molar-refractivity contribution in [3.05, 3.63) is 11.5 Å². The first-order valence-electron chi connectivity index (χ1n) is 5.21. The van der Waals surface area contributed by atoms with Crippen molar-refractivity contribution < 1.29 is 0 Å². The highest BCUT2D eigenvalue weighted by atomic mass is 35.5. The first-order chi connectivity index (χ1) is 6.75. The molecular weight excluding hydrogens is 198 g/mol. The molecule has 2 N–H and O–H groups in total. The fourth-order valence-electron chi connectivity index (χ4n) is 2.77. The molecular formula is C10H14ClN3. The molecule has 0 amide bonds. The molecule has 3 aliphatic heterocycles. The number of nitrogens with two attached hydrogens (primary N) is 1. The zero-order valence-corrected chi connectivity index (χ0v) is 8.74. The van der Waals surface area contributed by atoms with Gasteiger partial charge in [-0.1, -0.05) is 0 Å². The van der Waals surface area contributed by atoms with Crippen LogP contribution in [0.2, 0.25) is 0 Å². The van der Waals surface area contributed by atoms with Crippen LogP contribution in [-0.4, -0.2) is 28.6 Å². The van der Waals surface area contributed by atoms with Gasteiger partial charge in [0.1, 0.15) is 5.82 Å². The molecule has 1 aliphatic carbocycles. The molecule has 0 spiro atoms. The number of fused-ring (bicyclic) bond motifs is 1. The Balaban J connectivity index is 1.85. The molecule has 3 unspecified atom stereocenters. The molecule has 76 valence electrons. The Kier molecular flexibility index (Phi) is 1.78. The van der Waals surface area contributed by atoms with Gasteiger partial charge in [-0.15, -0.1) is 11.6 Å². The number of halogens is 1. The lowest BCUT2D eigenvalue weighted by Gasteiger charge is -2.43. The van der Waals surface area contributed by atoms with E-state index in [1.165, 1.54) is 19.3 Å². The van der Waals surface area contributed by atoms with Crippen LogP contribution in [0.15, 0.2) is 16.5 Å². The number of rotatable bonds is 1. The van der Waals surface area contributed by atoms with Crippen molar-refractivity contribution in [3.8, 4) is 0 Å². The normalized spacial score (nSPS) is 40.4. The second-order valence-electron chi connectivity index (χ2n) is 4.38. The molecule has 2 saturated heterocycles. The van der Waals surface area contributed by atoms with Gasteiger partial charge in [0.25, 0.3) is 0 Å². The lowest BCUT2D eigenvalue weighted by Crippen LogP contribution is -2.48. The van der Waals surface area contributed by atoms with Crippen LogP contribution in [0.4, 0.5) is 0 Å². The van der Waals surface area contributed by atoms with E-state index >= 15 is 0 Å². The predicted octanol–water partition coefficient (Wildman–Crippen LogP) is 1.43. The van der Waals surface area contributed by atoms with E-state index in [1.807, 2.05) is 6.21 Å². The van der Waals surface area contributed by atoms with Crippen molar-refractivity contribution in [2.45, 2.75) is 43.1 Å². The SMILES string of the molecule is NC1=C(N2C3CCC2C3)N=CC(Cl)C1. The van der Waals surface area contributed by atoms with Crippen LogP contribution >= 0.6 is 11.6 Å². The average Bonchev–Trinajstić information content (AvgIpc) is 2.70. The summed E-state index contributed by atoms with van der Waals surface area (Å²) in [6.45, 7) is 0. The zero-order chi connectivity index (χ0) is 9.71. The van der Waals surface area contributed by atoms with Crippen LogP contribution in [-0.2, 0) is 0 Å². The molecule has 2 bridgehead atoms. The summed E-state index contributed by atoms with van der Waals surface area (Å²) >= 11 is 5.95.